The number of pyridine rings is 1. The van der Waals surface area contributed by atoms with Crippen molar-refractivity contribution in [3.63, 3.8) is 0 Å². The summed E-state index contributed by atoms with van der Waals surface area (Å²) in [6, 6.07) is 3.69. The first-order valence-corrected chi connectivity index (χ1v) is 9.32. The number of thioether (sulfide) groups is 1. The van der Waals surface area contributed by atoms with Gasteiger partial charge in [0.25, 0.3) is 11.5 Å². The van der Waals surface area contributed by atoms with Crippen molar-refractivity contribution in [2.45, 2.75) is 13.8 Å². The molecule has 134 valence electrons. The largest absolute Gasteiger partial charge is 0.366 e. The van der Waals surface area contributed by atoms with E-state index in [1.807, 2.05) is 19.9 Å². The predicted molar refractivity (Wildman–Crippen MR) is 110 cm³/mol. The molecule has 0 saturated carbocycles. The predicted octanol–water partition coefficient (Wildman–Crippen LogP) is 2.82. The van der Waals surface area contributed by atoms with E-state index in [2.05, 4.69) is 16.9 Å². The van der Waals surface area contributed by atoms with Crippen molar-refractivity contribution in [3.8, 4) is 0 Å². The first kappa shape index (κ1) is 18.3. The Morgan fingerprint density at radius 3 is 2.85 bits per heavy atom. The summed E-state index contributed by atoms with van der Waals surface area (Å²) in [6.07, 6.45) is 4.93. The molecule has 0 radical (unpaired) electrons. The smallest absolute Gasteiger partial charge is 0.267 e. The molecule has 1 fully saturated rings. The van der Waals surface area contributed by atoms with E-state index in [1.54, 1.807) is 24.4 Å². The number of aryl methyl sites for hydroxylation is 1. The van der Waals surface area contributed by atoms with E-state index in [1.165, 1.54) is 21.1 Å². The van der Waals surface area contributed by atoms with Gasteiger partial charge in [0.15, 0.2) is 0 Å². The number of likely N-dealkylation sites (N-methyl/N-ethyl adjacent to an activating group) is 1. The number of nitrogens with zero attached hydrogens (tertiary/aromatic N) is 3. The lowest BCUT2D eigenvalue weighted by Crippen LogP contribution is -2.27. The summed E-state index contributed by atoms with van der Waals surface area (Å²) in [6.45, 7) is 8.39. The number of carbonyl (C=O) groups is 1. The summed E-state index contributed by atoms with van der Waals surface area (Å²) >= 11 is 6.44. The number of hydrogen-bond acceptors (Lipinski definition) is 6. The van der Waals surface area contributed by atoms with Crippen LogP contribution in [0.2, 0.25) is 0 Å². The average Bonchev–Trinajstić information content (AvgIpc) is 2.89. The molecule has 26 heavy (non-hydrogen) atoms. The van der Waals surface area contributed by atoms with Gasteiger partial charge in [-0.05, 0) is 31.6 Å². The zero-order valence-corrected chi connectivity index (χ0v) is 16.1. The fourth-order valence-electron chi connectivity index (χ4n) is 2.65. The van der Waals surface area contributed by atoms with E-state index in [0.29, 0.717) is 39.3 Å². The first-order valence-electron chi connectivity index (χ1n) is 8.10. The Balaban J connectivity index is 2.21. The second-order valence-corrected chi connectivity index (χ2v) is 7.34. The molecule has 0 aromatic carbocycles. The molecule has 1 N–H and O–H groups in total. The molecule has 1 aliphatic rings. The van der Waals surface area contributed by atoms with Crippen molar-refractivity contribution < 1.29 is 4.79 Å². The minimum atomic E-state index is -0.243. The van der Waals surface area contributed by atoms with Gasteiger partial charge < -0.3 is 5.32 Å². The molecular weight excluding hydrogens is 368 g/mol. The van der Waals surface area contributed by atoms with E-state index < -0.39 is 0 Å². The van der Waals surface area contributed by atoms with Crippen LogP contribution in [-0.2, 0) is 4.79 Å². The monoisotopic (exact) mass is 386 g/mol. The lowest BCUT2D eigenvalue weighted by atomic mass is 10.2. The Labute approximate surface area is 160 Å². The summed E-state index contributed by atoms with van der Waals surface area (Å²) in [7, 11) is 0. The standard InChI is InChI=1S/C18H18N4O2S2/c1-4-8-19-14-12(10-13-17(24)21(5-2)18(25)26-13)16(23)22-9-6-7-11(3)15(22)20-14/h4,6-7,9-10,19H,1,5,8H2,2-3H3/b13-10+. The molecule has 0 unspecified atom stereocenters. The zero-order chi connectivity index (χ0) is 18.8. The Hall–Kier alpha value is -2.45. The van der Waals surface area contributed by atoms with Gasteiger partial charge >= 0.3 is 0 Å². The van der Waals surface area contributed by atoms with Crippen LogP contribution in [0.3, 0.4) is 0 Å². The number of rotatable bonds is 5. The summed E-state index contributed by atoms with van der Waals surface area (Å²) < 4.78 is 1.98. The zero-order valence-electron chi connectivity index (χ0n) is 14.5. The van der Waals surface area contributed by atoms with Gasteiger partial charge in [-0.25, -0.2) is 4.98 Å². The summed E-state index contributed by atoms with van der Waals surface area (Å²) in [5.41, 5.74) is 1.54. The molecule has 3 rings (SSSR count). The molecule has 2 aromatic heterocycles. The fourth-order valence-corrected chi connectivity index (χ4v) is 4.02. The molecule has 0 bridgehead atoms. The number of aromatic nitrogens is 2. The summed E-state index contributed by atoms with van der Waals surface area (Å²) in [5, 5.41) is 3.09. The number of anilines is 1. The molecular formula is C18H18N4O2S2. The minimum Gasteiger partial charge on any atom is -0.366 e. The average molecular weight is 387 g/mol. The highest BCUT2D eigenvalue weighted by Crippen LogP contribution is 2.32. The SMILES string of the molecule is C=CCNc1nc2c(C)cccn2c(=O)c1/C=C1/SC(=S)N(CC)C1=O. The number of hydrogen-bond donors (Lipinski definition) is 1. The van der Waals surface area contributed by atoms with Crippen LogP contribution in [0, 0.1) is 6.92 Å². The Kier molecular flexibility index (Phi) is 5.24. The van der Waals surface area contributed by atoms with Crippen molar-refractivity contribution >= 4 is 51.7 Å². The molecule has 6 nitrogen and oxygen atoms in total. The Morgan fingerprint density at radius 2 is 2.19 bits per heavy atom. The summed E-state index contributed by atoms with van der Waals surface area (Å²) in [4.78, 5) is 32.1. The number of nitrogens with one attached hydrogen (secondary N) is 1. The van der Waals surface area contributed by atoms with Crippen molar-refractivity contribution in [3.05, 3.63) is 57.4 Å². The van der Waals surface area contributed by atoms with E-state index in [4.69, 9.17) is 12.2 Å². The molecule has 0 spiro atoms. The maximum atomic E-state index is 13.0. The molecule has 2 aromatic rings. The number of amides is 1. The van der Waals surface area contributed by atoms with Crippen LogP contribution < -0.4 is 10.9 Å². The van der Waals surface area contributed by atoms with Crippen molar-refractivity contribution in [1.82, 2.24) is 14.3 Å². The normalized spacial score (nSPS) is 15.9. The van der Waals surface area contributed by atoms with Crippen molar-refractivity contribution in [1.29, 1.82) is 0 Å². The third kappa shape index (κ3) is 3.17. The van der Waals surface area contributed by atoms with E-state index in [9.17, 15) is 9.59 Å². The third-order valence-electron chi connectivity index (χ3n) is 3.96. The second kappa shape index (κ2) is 7.43. The van der Waals surface area contributed by atoms with Gasteiger partial charge in [-0.3, -0.25) is 18.9 Å². The van der Waals surface area contributed by atoms with Crippen molar-refractivity contribution in [2.75, 3.05) is 18.4 Å². The Morgan fingerprint density at radius 1 is 1.42 bits per heavy atom. The third-order valence-corrected chi connectivity index (χ3v) is 5.34. The van der Waals surface area contributed by atoms with E-state index in [0.717, 1.165) is 5.56 Å². The molecule has 0 aliphatic carbocycles. The van der Waals surface area contributed by atoms with Crippen LogP contribution in [0.1, 0.15) is 18.1 Å². The first-order chi connectivity index (χ1) is 12.5. The molecule has 1 saturated heterocycles. The van der Waals surface area contributed by atoms with Crippen LogP contribution in [0.4, 0.5) is 5.82 Å². The van der Waals surface area contributed by atoms with Gasteiger partial charge in [0.05, 0.1) is 10.5 Å². The second-order valence-electron chi connectivity index (χ2n) is 5.66. The van der Waals surface area contributed by atoms with Crippen LogP contribution in [-0.4, -0.2) is 37.6 Å². The Bertz CT molecular complexity index is 1010. The summed E-state index contributed by atoms with van der Waals surface area (Å²) in [5.74, 6) is 0.233. The number of fused-ring (bicyclic) bond motifs is 1. The maximum absolute atomic E-state index is 13.0. The quantitative estimate of drug-likeness (QED) is 0.484. The molecule has 1 aliphatic heterocycles. The van der Waals surface area contributed by atoms with Gasteiger partial charge in [-0.2, -0.15) is 0 Å². The van der Waals surface area contributed by atoms with Crippen LogP contribution in [0.25, 0.3) is 11.7 Å². The lowest BCUT2D eigenvalue weighted by molar-refractivity contribution is -0.121. The molecule has 3 heterocycles. The highest BCUT2D eigenvalue weighted by Gasteiger charge is 2.31. The van der Waals surface area contributed by atoms with Crippen LogP contribution in [0.5, 0.6) is 0 Å². The molecule has 1 amide bonds. The highest BCUT2D eigenvalue weighted by atomic mass is 32.2. The number of carbonyl (C=O) groups excluding carboxylic acids is 1. The highest BCUT2D eigenvalue weighted by molar-refractivity contribution is 8.26. The van der Waals surface area contributed by atoms with Gasteiger partial charge in [0, 0.05) is 19.3 Å². The van der Waals surface area contributed by atoms with Gasteiger partial charge in [-0.1, -0.05) is 36.1 Å². The van der Waals surface area contributed by atoms with E-state index >= 15 is 0 Å². The van der Waals surface area contributed by atoms with Gasteiger partial charge in [0.2, 0.25) is 0 Å². The molecule has 8 heteroatoms. The minimum absolute atomic E-state index is 0.189. The topological polar surface area (TPSA) is 66.7 Å². The van der Waals surface area contributed by atoms with Crippen molar-refractivity contribution in [2.24, 2.45) is 0 Å². The van der Waals surface area contributed by atoms with Gasteiger partial charge in [-0.15, -0.1) is 6.58 Å². The number of thiocarbonyl (C=S) groups is 1. The maximum Gasteiger partial charge on any atom is 0.267 e. The fraction of sp³-hybridized carbons (Fsp3) is 0.222. The molecule has 0 atom stereocenters. The lowest BCUT2D eigenvalue weighted by Gasteiger charge is -2.11. The van der Waals surface area contributed by atoms with Gasteiger partial charge in [0.1, 0.15) is 15.8 Å². The van der Waals surface area contributed by atoms with Crippen LogP contribution in [0.15, 0.2) is 40.7 Å². The van der Waals surface area contributed by atoms with Crippen LogP contribution >= 0.6 is 24.0 Å². The van der Waals surface area contributed by atoms with E-state index in [-0.39, 0.29) is 11.5 Å².